The number of rotatable bonds is 4. The van der Waals surface area contributed by atoms with Crippen LogP contribution in [0.3, 0.4) is 0 Å². The first-order valence-corrected chi connectivity index (χ1v) is 5.56. The van der Waals surface area contributed by atoms with Crippen molar-refractivity contribution in [2.45, 2.75) is 32.4 Å². The second kappa shape index (κ2) is 5.83. The van der Waals surface area contributed by atoms with Gasteiger partial charge >= 0.3 is 0 Å². The number of nitrogens with zero attached hydrogens (tertiary/aromatic N) is 1. The lowest BCUT2D eigenvalue weighted by molar-refractivity contribution is 0.499. The van der Waals surface area contributed by atoms with Gasteiger partial charge in [-0.2, -0.15) is 5.26 Å². The fourth-order valence-electron chi connectivity index (χ4n) is 1.30. The van der Waals surface area contributed by atoms with Crippen LogP contribution in [-0.2, 0) is 0 Å². The van der Waals surface area contributed by atoms with Gasteiger partial charge in [0.25, 0.3) is 0 Å². The highest BCUT2D eigenvalue weighted by atomic mass is 35.5. The zero-order valence-corrected chi connectivity index (χ0v) is 10.1. The predicted octanol–water partition coefficient (Wildman–Crippen LogP) is 3.43. The Labute approximate surface area is 100 Å². The summed E-state index contributed by atoms with van der Waals surface area (Å²) >= 11 is 5.58. The molecular formula is C12H14ClFN2. The smallest absolute Gasteiger partial charge is 0.142 e. The summed E-state index contributed by atoms with van der Waals surface area (Å²) in [6.45, 7) is 4.01. The third-order valence-electron chi connectivity index (χ3n) is 2.47. The lowest BCUT2D eigenvalue weighted by Gasteiger charge is -2.17. The summed E-state index contributed by atoms with van der Waals surface area (Å²) in [5, 5.41) is 12.2. The molecule has 0 fully saturated rings. The van der Waals surface area contributed by atoms with Crippen molar-refractivity contribution in [2.24, 2.45) is 0 Å². The zero-order valence-electron chi connectivity index (χ0n) is 9.30. The van der Waals surface area contributed by atoms with E-state index in [0.717, 1.165) is 6.42 Å². The van der Waals surface area contributed by atoms with E-state index in [-0.39, 0.29) is 11.1 Å². The number of halogens is 2. The van der Waals surface area contributed by atoms with Crippen LogP contribution in [0.4, 0.5) is 4.39 Å². The molecular weight excluding hydrogens is 227 g/mol. The van der Waals surface area contributed by atoms with Crippen LogP contribution in [0, 0.1) is 17.1 Å². The molecule has 2 unspecified atom stereocenters. The van der Waals surface area contributed by atoms with Crippen molar-refractivity contribution in [1.82, 2.24) is 5.32 Å². The topological polar surface area (TPSA) is 35.8 Å². The number of benzene rings is 1. The predicted molar refractivity (Wildman–Crippen MR) is 62.7 cm³/mol. The van der Waals surface area contributed by atoms with E-state index in [0.29, 0.717) is 5.56 Å². The highest BCUT2D eigenvalue weighted by molar-refractivity contribution is 6.30. The maximum atomic E-state index is 13.2. The molecule has 16 heavy (non-hydrogen) atoms. The summed E-state index contributed by atoms with van der Waals surface area (Å²) in [7, 11) is 0. The monoisotopic (exact) mass is 240 g/mol. The number of nitriles is 1. The minimum absolute atomic E-state index is 0.0731. The van der Waals surface area contributed by atoms with Crippen molar-refractivity contribution in [2.75, 3.05) is 0 Å². The quantitative estimate of drug-likeness (QED) is 0.875. The van der Waals surface area contributed by atoms with E-state index in [4.69, 9.17) is 16.9 Å². The van der Waals surface area contributed by atoms with Crippen LogP contribution in [0.15, 0.2) is 18.2 Å². The summed E-state index contributed by atoms with van der Waals surface area (Å²) in [6, 6.07) is 6.25. The molecule has 1 aromatic rings. The molecule has 0 heterocycles. The van der Waals surface area contributed by atoms with E-state index in [1.54, 1.807) is 6.07 Å². The van der Waals surface area contributed by atoms with Gasteiger partial charge < -0.3 is 0 Å². The minimum atomic E-state index is -0.498. The molecule has 0 saturated heterocycles. The van der Waals surface area contributed by atoms with Crippen LogP contribution < -0.4 is 5.32 Å². The number of hydrogen-bond donors (Lipinski definition) is 1. The Kier molecular flexibility index (Phi) is 4.72. The van der Waals surface area contributed by atoms with Crippen LogP contribution in [-0.4, -0.2) is 6.04 Å². The van der Waals surface area contributed by atoms with E-state index in [1.807, 2.05) is 13.8 Å². The van der Waals surface area contributed by atoms with Crippen LogP contribution >= 0.6 is 11.6 Å². The Morgan fingerprint density at radius 2 is 2.25 bits per heavy atom. The van der Waals surface area contributed by atoms with Crippen LogP contribution in [0.1, 0.15) is 31.9 Å². The van der Waals surface area contributed by atoms with Gasteiger partial charge in [-0.1, -0.05) is 24.6 Å². The Balaban J connectivity index is 2.88. The first kappa shape index (κ1) is 13.0. The molecule has 1 N–H and O–H groups in total. The molecule has 86 valence electrons. The molecule has 0 spiro atoms. The van der Waals surface area contributed by atoms with Gasteiger partial charge in [0.15, 0.2) is 0 Å². The van der Waals surface area contributed by atoms with Crippen molar-refractivity contribution in [3.63, 3.8) is 0 Å². The summed E-state index contributed by atoms with van der Waals surface area (Å²) in [5.74, 6) is -0.495. The van der Waals surface area contributed by atoms with Gasteiger partial charge in [0.2, 0.25) is 0 Å². The van der Waals surface area contributed by atoms with E-state index >= 15 is 0 Å². The van der Waals surface area contributed by atoms with Gasteiger partial charge in [0.05, 0.1) is 11.1 Å². The fraction of sp³-hybridized carbons (Fsp3) is 0.417. The molecule has 4 heteroatoms. The summed E-state index contributed by atoms with van der Waals surface area (Å²) < 4.78 is 13.2. The molecule has 1 aromatic carbocycles. The maximum Gasteiger partial charge on any atom is 0.142 e. The SMILES string of the molecule is CCC(C)NC(C#N)c1ccc(Cl)c(F)c1. The fourth-order valence-corrected chi connectivity index (χ4v) is 1.42. The van der Waals surface area contributed by atoms with Gasteiger partial charge in [-0.25, -0.2) is 4.39 Å². The summed E-state index contributed by atoms with van der Waals surface area (Å²) in [5.41, 5.74) is 0.602. The molecule has 0 amide bonds. The van der Waals surface area contributed by atoms with Gasteiger partial charge in [-0.05, 0) is 31.0 Å². The normalized spacial score (nSPS) is 14.2. The Morgan fingerprint density at radius 1 is 1.56 bits per heavy atom. The third kappa shape index (κ3) is 3.19. The highest BCUT2D eigenvalue weighted by Crippen LogP contribution is 2.20. The molecule has 2 nitrogen and oxygen atoms in total. The first-order valence-electron chi connectivity index (χ1n) is 5.19. The van der Waals surface area contributed by atoms with Crippen molar-refractivity contribution in [3.05, 3.63) is 34.6 Å². The molecule has 2 atom stereocenters. The molecule has 0 aromatic heterocycles. The summed E-state index contributed by atoms with van der Waals surface area (Å²) in [6.07, 6.45) is 0.911. The highest BCUT2D eigenvalue weighted by Gasteiger charge is 2.14. The summed E-state index contributed by atoms with van der Waals surface area (Å²) in [4.78, 5) is 0. The van der Waals surface area contributed by atoms with Gasteiger partial charge in [0.1, 0.15) is 11.9 Å². The molecule has 0 saturated carbocycles. The number of hydrogen-bond acceptors (Lipinski definition) is 2. The third-order valence-corrected chi connectivity index (χ3v) is 2.78. The average Bonchev–Trinajstić information content (AvgIpc) is 2.29. The van der Waals surface area contributed by atoms with Crippen LogP contribution in [0.2, 0.25) is 5.02 Å². The molecule has 1 rings (SSSR count). The second-order valence-electron chi connectivity index (χ2n) is 3.71. The molecule has 0 aliphatic carbocycles. The van der Waals surface area contributed by atoms with E-state index in [1.165, 1.54) is 12.1 Å². The lowest BCUT2D eigenvalue weighted by atomic mass is 10.1. The average molecular weight is 241 g/mol. The standard InChI is InChI=1S/C12H14ClFN2/c1-3-8(2)16-12(7-15)9-4-5-10(13)11(14)6-9/h4-6,8,12,16H,3H2,1-2H3. The van der Waals surface area contributed by atoms with Gasteiger partial charge in [-0.15, -0.1) is 0 Å². The van der Waals surface area contributed by atoms with Crippen molar-refractivity contribution in [1.29, 1.82) is 5.26 Å². The van der Waals surface area contributed by atoms with E-state index < -0.39 is 11.9 Å². The van der Waals surface area contributed by atoms with Crippen molar-refractivity contribution < 1.29 is 4.39 Å². The Morgan fingerprint density at radius 3 is 2.75 bits per heavy atom. The minimum Gasteiger partial charge on any atom is -0.296 e. The zero-order chi connectivity index (χ0) is 12.1. The van der Waals surface area contributed by atoms with Gasteiger partial charge in [0, 0.05) is 6.04 Å². The maximum absolute atomic E-state index is 13.2. The second-order valence-corrected chi connectivity index (χ2v) is 4.12. The molecule has 0 radical (unpaired) electrons. The van der Waals surface area contributed by atoms with E-state index in [2.05, 4.69) is 11.4 Å². The lowest BCUT2D eigenvalue weighted by Crippen LogP contribution is -2.29. The largest absolute Gasteiger partial charge is 0.296 e. The van der Waals surface area contributed by atoms with Gasteiger partial charge in [-0.3, -0.25) is 5.32 Å². The van der Waals surface area contributed by atoms with Crippen molar-refractivity contribution >= 4 is 11.6 Å². The molecule has 0 aliphatic rings. The first-order chi connectivity index (χ1) is 7.58. The Hall–Kier alpha value is -1.11. The van der Waals surface area contributed by atoms with Crippen molar-refractivity contribution in [3.8, 4) is 6.07 Å². The van der Waals surface area contributed by atoms with E-state index in [9.17, 15) is 4.39 Å². The van der Waals surface area contributed by atoms with Crippen LogP contribution in [0.25, 0.3) is 0 Å². The van der Waals surface area contributed by atoms with Crippen LogP contribution in [0.5, 0.6) is 0 Å². The molecule has 0 aliphatic heterocycles. The Bertz CT molecular complexity index is 400. The number of nitrogens with one attached hydrogen (secondary N) is 1. The molecule has 0 bridgehead atoms.